The van der Waals surface area contributed by atoms with E-state index < -0.39 is 18.0 Å². The quantitative estimate of drug-likeness (QED) is 0.745. The van der Waals surface area contributed by atoms with Crippen LogP contribution in [-0.4, -0.2) is 46.3 Å². The molecule has 1 rings (SSSR count). The molecule has 1 heterocycles. The summed E-state index contributed by atoms with van der Waals surface area (Å²) in [6, 6.07) is 3.20. The van der Waals surface area contributed by atoms with Gasteiger partial charge >= 0.3 is 12.0 Å². The number of carbonyl (C=O) groups is 2. The molecule has 0 fully saturated rings. The number of urea groups is 1. The van der Waals surface area contributed by atoms with Gasteiger partial charge in [-0.2, -0.15) is 0 Å². The molecular formula is C12H17ClN2O4S. The molecule has 1 aromatic heterocycles. The van der Waals surface area contributed by atoms with Crippen molar-refractivity contribution in [3.05, 3.63) is 21.3 Å². The van der Waals surface area contributed by atoms with Crippen molar-refractivity contribution in [2.45, 2.75) is 25.5 Å². The van der Waals surface area contributed by atoms with Gasteiger partial charge in [-0.25, -0.2) is 4.79 Å². The Kier molecular flexibility index (Phi) is 5.79. The van der Waals surface area contributed by atoms with Gasteiger partial charge in [0.05, 0.1) is 22.9 Å². The highest BCUT2D eigenvalue weighted by atomic mass is 35.5. The summed E-state index contributed by atoms with van der Waals surface area (Å²) in [7, 11) is 1.61. The highest BCUT2D eigenvalue weighted by Crippen LogP contribution is 2.22. The van der Waals surface area contributed by atoms with Gasteiger partial charge in [0.2, 0.25) is 0 Å². The molecule has 1 aromatic rings. The molecule has 1 unspecified atom stereocenters. The number of hydrogen-bond acceptors (Lipinski definition) is 4. The van der Waals surface area contributed by atoms with Crippen LogP contribution in [0.1, 0.15) is 18.2 Å². The molecule has 3 N–H and O–H groups in total. The van der Waals surface area contributed by atoms with Crippen LogP contribution in [0.2, 0.25) is 4.34 Å². The van der Waals surface area contributed by atoms with Crippen molar-refractivity contribution >= 4 is 34.9 Å². The molecule has 0 saturated heterocycles. The van der Waals surface area contributed by atoms with Crippen LogP contribution >= 0.6 is 22.9 Å². The lowest BCUT2D eigenvalue weighted by atomic mass is 10.0. The van der Waals surface area contributed by atoms with Crippen LogP contribution in [-0.2, 0) is 11.3 Å². The fraction of sp³-hybridized carbons (Fsp3) is 0.500. The van der Waals surface area contributed by atoms with E-state index in [9.17, 15) is 14.7 Å². The Morgan fingerprint density at radius 2 is 2.15 bits per heavy atom. The molecule has 0 saturated carbocycles. The van der Waals surface area contributed by atoms with Gasteiger partial charge in [-0.15, -0.1) is 11.3 Å². The first-order valence-corrected chi connectivity index (χ1v) is 7.06. The second kappa shape index (κ2) is 6.92. The maximum absolute atomic E-state index is 11.8. The number of aliphatic carboxylic acids is 1. The summed E-state index contributed by atoms with van der Waals surface area (Å²) in [6.45, 7) is 1.62. The zero-order valence-electron chi connectivity index (χ0n) is 11.2. The maximum atomic E-state index is 11.8. The first kappa shape index (κ1) is 16.7. The largest absolute Gasteiger partial charge is 0.481 e. The smallest absolute Gasteiger partial charge is 0.317 e. The maximum Gasteiger partial charge on any atom is 0.317 e. The van der Waals surface area contributed by atoms with Gasteiger partial charge in [-0.3, -0.25) is 4.79 Å². The monoisotopic (exact) mass is 320 g/mol. The van der Waals surface area contributed by atoms with Crippen molar-refractivity contribution in [1.29, 1.82) is 0 Å². The van der Waals surface area contributed by atoms with Crippen LogP contribution in [0.4, 0.5) is 4.79 Å². The normalized spacial score (nSPS) is 13.6. The molecule has 0 spiro atoms. The number of aliphatic hydroxyl groups is 1. The van der Waals surface area contributed by atoms with Crippen LogP contribution in [0.25, 0.3) is 0 Å². The van der Waals surface area contributed by atoms with Gasteiger partial charge in [-0.05, 0) is 19.1 Å². The van der Waals surface area contributed by atoms with E-state index in [1.54, 1.807) is 13.1 Å². The third-order valence-electron chi connectivity index (χ3n) is 2.52. The second-order valence-electron chi connectivity index (χ2n) is 4.79. The lowest BCUT2D eigenvalue weighted by Crippen LogP contribution is -2.46. The first-order valence-electron chi connectivity index (χ1n) is 5.87. The topological polar surface area (TPSA) is 89.9 Å². The number of carboxylic acid groups (broad SMARTS) is 1. The second-order valence-corrected chi connectivity index (χ2v) is 6.59. The fourth-order valence-electron chi connectivity index (χ4n) is 1.53. The molecule has 2 amide bonds. The van der Waals surface area contributed by atoms with E-state index in [0.717, 1.165) is 4.88 Å². The Balaban J connectivity index is 2.44. The van der Waals surface area contributed by atoms with Gasteiger partial charge in [0.25, 0.3) is 0 Å². The molecule has 112 valence electrons. The van der Waals surface area contributed by atoms with Gasteiger partial charge in [0.15, 0.2) is 0 Å². The number of rotatable bonds is 6. The minimum Gasteiger partial charge on any atom is -0.481 e. The van der Waals surface area contributed by atoms with Crippen LogP contribution in [0.15, 0.2) is 12.1 Å². The summed E-state index contributed by atoms with van der Waals surface area (Å²) < 4.78 is 0.651. The summed E-state index contributed by atoms with van der Waals surface area (Å²) in [6.07, 6.45) is -0.433. The van der Waals surface area contributed by atoms with Crippen molar-refractivity contribution < 1.29 is 19.8 Å². The van der Waals surface area contributed by atoms with Crippen molar-refractivity contribution in [2.24, 2.45) is 0 Å². The Morgan fingerprint density at radius 3 is 2.65 bits per heavy atom. The van der Waals surface area contributed by atoms with Crippen molar-refractivity contribution in [3.63, 3.8) is 0 Å². The van der Waals surface area contributed by atoms with Crippen molar-refractivity contribution in [2.75, 3.05) is 13.6 Å². The zero-order chi connectivity index (χ0) is 15.3. The number of halogens is 1. The van der Waals surface area contributed by atoms with Gasteiger partial charge in [0.1, 0.15) is 0 Å². The van der Waals surface area contributed by atoms with Gasteiger partial charge in [-0.1, -0.05) is 11.6 Å². The van der Waals surface area contributed by atoms with E-state index in [4.69, 9.17) is 16.7 Å². The molecule has 20 heavy (non-hydrogen) atoms. The van der Waals surface area contributed by atoms with Gasteiger partial charge in [0, 0.05) is 18.5 Å². The highest BCUT2D eigenvalue weighted by Gasteiger charge is 2.25. The number of carbonyl (C=O) groups excluding carboxylic acids is 1. The van der Waals surface area contributed by atoms with Crippen LogP contribution < -0.4 is 5.32 Å². The van der Waals surface area contributed by atoms with E-state index in [1.807, 2.05) is 6.07 Å². The number of thiophene rings is 1. The lowest BCUT2D eigenvalue weighted by Gasteiger charge is -2.24. The van der Waals surface area contributed by atoms with E-state index in [0.29, 0.717) is 10.9 Å². The van der Waals surface area contributed by atoms with E-state index in [2.05, 4.69) is 5.32 Å². The zero-order valence-corrected chi connectivity index (χ0v) is 12.8. The minimum atomic E-state index is -1.48. The van der Waals surface area contributed by atoms with E-state index in [-0.39, 0.29) is 12.6 Å². The van der Waals surface area contributed by atoms with E-state index in [1.165, 1.54) is 23.2 Å². The molecule has 0 aliphatic heterocycles. The summed E-state index contributed by atoms with van der Waals surface area (Å²) in [4.78, 5) is 24.7. The van der Waals surface area contributed by atoms with Crippen LogP contribution in [0.5, 0.6) is 0 Å². The standard InChI is InChI=1S/C12H17ClN2O4S/c1-12(19,5-10(16)17)7-14-11(18)15(2)6-8-3-4-9(13)20-8/h3-4,19H,5-7H2,1-2H3,(H,14,18)(H,16,17). The average molecular weight is 321 g/mol. The Labute approximate surface area is 126 Å². The highest BCUT2D eigenvalue weighted by molar-refractivity contribution is 7.16. The molecular weight excluding hydrogens is 304 g/mol. The van der Waals surface area contributed by atoms with E-state index >= 15 is 0 Å². The molecule has 0 aliphatic rings. The lowest BCUT2D eigenvalue weighted by molar-refractivity contribution is -0.141. The molecule has 0 aromatic carbocycles. The Bertz CT molecular complexity index is 490. The Hall–Kier alpha value is -1.31. The number of amides is 2. The molecule has 0 radical (unpaired) electrons. The summed E-state index contributed by atoms with van der Waals surface area (Å²) >= 11 is 7.19. The summed E-state index contributed by atoms with van der Waals surface area (Å²) in [5, 5.41) is 20.9. The number of hydrogen-bond donors (Lipinski definition) is 3. The molecule has 0 aliphatic carbocycles. The van der Waals surface area contributed by atoms with Gasteiger partial charge < -0.3 is 20.4 Å². The van der Waals surface area contributed by atoms with Crippen LogP contribution in [0, 0.1) is 0 Å². The number of carboxylic acids is 1. The van der Waals surface area contributed by atoms with Crippen LogP contribution in [0.3, 0.4) is 0 Å². The minimum absolute atomic E-state index is 0.131. The predicted molar refractivity (Wildman–Crippen MR) is 77.1 cm³/mol. The number of nitrogens with one attached hydrogen (secondary N) is 1. The first-order chi connectivity index (χ1) is 9.19. The fourth-order valence-corrected chi connectivity index (χ4v) is 2.67. The molecule has 1 atom stereocenters. The summed E-state index contributed by atoms with van der Waals surface area (Å²) in [5.74, 6) is -1.12. The Morgan fingerprint density at radius 1 is 1.50 bits per heavy atom. The third-order valence-corrected chi connectivity index (χ3v) is 3.74. The molecule has 0 bridgehead atoms. The van der Waals surface area contributed by atoms with Crippen molar-refractivity contribution in [3.8, 4) is 0 Å². The average Bonchev–Trinajstić information content (AvgIpc) is 2.70. The molecule has 8 heteroatoms. The summed E-state index contributed by atoms with van der Waals surface area (Å²) in [5.41, 5.74) is -1.48. The predicted octanol–water partition coefficient (Wildman–Crippen LogP) is 1.77. The van der Waals surface area contributed by atoms with Crippen molar-refractivity contribution in [1.82, 2.24) is 10.2 Å². The SMILES string of the molecule is CN(Cc1ccc(Cl)s1)C(=O)NCC(C)(O)CC(=O)O. The third kappa shape index (κ3) is 5.77. The molecule has 6 nitrogen and oxygen atoms in total. The number of nitrogens with zero attached hydrogens (tertiary/aromatic N) is 1.